The second-order valence-electron chi connectivity index (χ2n) is 4.00. The molecule has 0 radical (unpaired) electrons. The molecule has 1 heterocycles. The lowest BCUT2D eigenvalue weighted by molar-refractivity contribution is 0.621. The van der Waals surface area contributed by atoms with Crippen LogP contribution in [0.15, 0.2) is 41.1 Å². The van der Waals surface area contributed by atoms with Crippen LogP contribution in [0, 0.1) is 5.82 Å². The van der Waals surface area contributed by atoms with Crippen LogP contribution in [0.25, 0.3) is 0 Å². The fourth-order valence-corrected chi connectivity index (χ4v) is 2.02. The van der Waals surface area contributed by atoms with Gasteiger partial charge in [-0.1, -0.05) is 0 Å². The summed E-state index contributed by atoms with van der Waals surface area (Å²) >= 11 is 3.10. The first-order chi connectivity index (χ1) is 8.58. The Labute approximate surface area is 113 Å². The van der Waals surface area contributed by atoms with Crippen LogP contribution in [-0.2, 0) is 0 Å². The summed E-state index contributed by atoms with van der Waals surface area (Å²) in [5.41, 5.74) is 8.00. The van der Waals surface area contributed by atoms with E-state index in [0.29, 0.717) is 15.8 Å². The van der Waals surface area contributed by atoms with Gasteiger partial charge in [0.15, 0.2) is 0 Å². The molecule has 0 amide bonds. The van der Waals surface area contributed by atoms with Crippen molar-refractivity contribution in [1.29, 1.82) is 0 Å². The maximum absolute atomic E-state index is 13.5. The van der Waals surface area contributed by atoms with Crippen LogP contribution in [0.1, 0.15) is 18.5 Å². The van der Waals surface area contributed by atoms with Crippen LogP contribution in [0.4, 0.5) is 15.8 Å². The van der Waals surface area contributed by atoms with E-state index >= 15 is 0 Å². The molecule has 5 heteroatoms. The van der Waals surface area contributed by atoms with E-state index < -0.39 is 0 Å². The van der Waals surface area contributed by atoms with Gasteiger partial charge in [-0.25, -0.2) is 4.39 Å². The van der Waals surface area contributed by atoms with Gasteiger partial charge in [-0.15, -0.1) is 0 Å². The number of halogens is 2. The largest absolute Gasteiger partial charge is 0.397 e. The molecule has 2 aromatic rings. The quantitative estimate of drug-likeness (QED) is 0.849. The van der Waals surface area contributed by atoms with Crippen molar-refractivity contribution < 1.29 is 4.39 Å². The third-order valence-electron chi connectivity index (χ3n) is 2.67. The Morgan fingerprint density at radius 2 is 2.00 bits per heavy atom. The topological polar surface area (TPSA) is 50.9 Å². The summed E-state index contributed by atoms with van der Waals surface area (Å²) < 4.78 is 13.8. The molecule has 1 aromatic carbocycles. The molecule has 0 aliphatic carbocycles. The molecule has 2 rings (SSSR count). The smallest absolute Gasteiger partial charge is 0.139 e. The Kier molecular flexibility index (Phi) is 3.81. The highest BCUT2D eigenvalue weighted by Crippen LogP contribution is 2.29. The summed E-state index contributed by atoms with van der Waals surface area (Å²) in [5, 5.41) is 3.18. The highest BCUT2D eigenvalue weighted by atomic mass is 79.9. The van der Waals surface area contributed by atoms with Crippen LogP contribution < -0.4 is 11.1 Å². The molecular weight excluding hydrogens is 297 g/mol. The average Bonchev–Trinajstić information content (AvgIpc) is 2.37. The predicted octanol–water partition coefficient (Wildman–Crippen LogP) is 3.74. The zero-order valence-corrected chi connectivity index (χ0v) is 11.4. The van der Waals surface area contributed by atoms with Gasteiger partial charge in [0, 0.05) is 24.5 Å². The molecule has 18 heavy (non-hydrogen) atoms. The van der Waals surface area contributed by atoms with Gasteiger partial charge < -0.3 is 11.1 Å². The molecule has 0 saturated heterocycles. The Balaban J connectivity index is 2.22. The number of nitrogen functional groups attached to an aromatic ring is 1. The van der Waals surface area contributed by atoms with Gasteiger partial charge in [0.1, 0.15) is 5.82 Å². The van der Waals surface area contributed by atoms with Gasteiger partial charge in [-0.3, -0.25) is 4.98 Å². The van der Waals surface area contributed by atoms with Crippen LogP contribution in [0.2, 0.25) is 0 Å². The number of benzene rings is 1. The lowest BCUT2D eigenvalue weighted by Crippen LogP contribution is -2.08. The van der Waals surface area contributed by atoms with Crippen molar-refractivity contribution in [3.63, 3.8) is 0 Å². The normalized spacial score (nSPS) is 12.2. The number of anilines is 2. The number of rotatable bonds is 3. The van der Waals surface area contributed by atoms with Crippen molar-refractivity contribution in [2.45, 2.75) is 13.0 Å². The molecule has 0 bridgehead atoms. The Bertz CT molecular complexity index is 545. The predicted molar refractivity (Wildman–Crippen MR) is 74.8 cm³/mol. The van der Waals surface area contributed by atoms with Crippen molar-refractivity contribution in [1.82, 2.24) is 4.98 Å². The maximum atomic E-state index is 13.5. The van der Waals surface area contributed by atoms with Crippen molar-refractivity contribution in [2.24, 2.45) is 0 Å². The van der Waals surface area contributed by atoms with Gasteiger partial charge >= 0.3 is 0 Å². The molecule has 0 aliphatic rings. The monoisotopic (exact) mass is 309 g/mol. The number of nitrogens with one attached hydrogen (secondary N) is 1. The standard InChI is InChI=1S/C13H13BrFN3/c1-8(9-2-4-17-5-3-9)18-13-7-11(15)10(14)6-12(13)16/h2-8,18H,16H2,1H3. The van der Waals surface area contributed by atoms with Gasteiger partial charge in [0.25, 0.3) is 0 Å². The molecule has 0 aliphatic heterocycles. The van der Waals surface area contributed by atoms with Crippen LogP contribution in [0.5, 0.6) is 0 Å². The van der Waals surface area contributed by atoms with E-state index in [0.717, 1.165) is 5.56 Å². The fraction of sp³-hybridized carbons (Fsp3) is 0.154. The van der Waals surface area contributed by atoms with Gasteiger partial charge in [0.2, 0.25) is 0 Å². The van der Waals surface area contributed by atoms with E-state index in [9.17, 15) is 4.39 Å². The number of hydrogen-bond donors (Lipinski definition) is 2. The third-order valence-corrected chi connectivity index (χ3v) is 3.28. The minimum atomic E-state index is -0.339. The van der Waals surface area contributed by atoms with E-state index in [1.807, 2.05) is 19.1 Å². The second kappa shape index (κ2) is 5.35. The number of hydrogen-bond acceptors (Lipinski definition) is 3. The van der Waals surface area contributed by atoms with E-state index in [1.54, 1.807) is 18.5 Å². The Morgan fingerprint density at radius 3 is 2.67 bits per heavy atom. The minimum absolute atomic E-state index is 0.0240. The molecular formula is C13H13BrFN3. The number of nitrogens with zero attached hydrogens (tertiary/aromatic N) is 1. The highest BCUT2D eigenvalue weighted by molar-refractivity contribution is 9.10. The van der Waals surface area contributed by atoms with E-state index in [1.165, 1.54) is 6.07 Å². The first kappa shape index (κ1) is 12.8. The molecule has 0 fully saturated rings. The first-order valence-corrected chi connectivity index (χ1v) is 6.28. The first-order valence-electron chi connectivity index (χ1n) is 5.49. The van der Waals surface area contributed by atoms with Crippen LogP contribution in [-0.4, -0.2) is 4.98 Å². The van der Waals surface area contributed by atoms with Gasteiger partial charge in [0.05, 0.1) is 15.8 Å². The number of nitrogens with two attached hydrogens (primary N) is 1. The summed E-state index contributed by atoms with van der Waals surface area (Å²) in [6, 6.07) is 6.77. The maximum Gasteiger partial charge on any atom is 0.139 e. The molecule has 94 valence electrons. The Hall–Kier alpha value is -1.62. The van der Waals surface area contributed by atoms with Crippen LogP contribution >= 0.6 is 15.9 Å². The fourth-order valence-electron chi connectivity index (χ4n) is 1.66. The van der Waals surface area contributed by atoms with E-state index in [2.05, 4.69) is 26.2 Å². The summed E-state index contributed by atoms with van der Waals surface area (Å²) in [4.78, 5) is 3.96. The van der Waals surface area contributed by atoms with Crippen molar-refractivity contribution in [3.05, 3.63) is 52.5 Å². The van der Waals surface area contributed by atoms with Crippen molar-refractivity contribution in [2.75, 3.05) is 11.1 Å². The van der Waals surface area contributed by atoms with Crippen LogP contribution in [0.3, 0.4) is 0 Å². The molecule has 3 N–H and O–H groups in total. The summed E-state index contributed by atoms with van der Waals surface area (Å²) in [7, 11) is 0. The highest BCUT2D eigenvalue weighted by Gasteiger charge is 2.10. The second-order valence-corrected chi connectivity index (χ2v) is 4.85. The van der Waals surface area contributed by atoms with Gasteiger partial charge in [-0.2, -0.15) is 0 Å². The zero-order chi connectivity index (χ0) is 13.1. The minimum Gasteiger partial charge on any atom is -0.397 e. The zero-order valence-electron chi connectivity index (χ0n) is 9.82. The average molecular weight is 310 g/mol. The Morgan fingerprint density at radius 1 is 1.33 bits per heavy atom. The molecule has 1 unspecified atom stereocenters. The van der Waals surface area contributed by atoms with Crippen molar-refractivity contribution >= 4 is 27.3 Å². The summed E-state index contributed by atoms with van der Waals surface area (Å²) in [6.45, 7) is 1.98. The summed E-state index contributed by atoms with van der Waals surface area (Å²) in [5.74, 6) is -0.339. The number of pyridine rings is 1. The molecule has 1 atom stereocenters. The number of aromatic nitrogens is 1. The lowest BCUT2D eigenvalue weighted by atomic mass is 10.1. The van der Waals surface area contributed by atoms with E-state index in [4.69, 9.17) is 5.73 Å². The summed E-state index contributed by atoms with van der Waals surface area (Å²) in [6.07, 6.45) is 3.44. The molecule has 3 nitrogen and oxygen atoms in total. The third kappa shape index (κ3) is 2.79. The molecule has 0 spiro atoms. The SMILES string of the molecule is CC(Nc1cc(F)c(Br)cc1N)c1ccncc1. The lowest BCUT2D eigenvalue weighted by Gasteiger charge is -2.17. The van der Waals surface area contributed by atoms with Crippen molar-refractivity contribution in [3.8, 4) is 0 Å². The van der Waals surface area contributed by atoms with Gasteiger partial charge in [-0.05, 0) is 46.6 Å². The van der Waals surface area contributed by atoms with E-state index in [-0.39, 0.29) is 11.9 Å². The molecule has 0 saturated carbocycles. The molecule has 1 aromatic heterocycles.